The first kappa shape index (κ1) is 44.0. The number of anilines is 6. The zero-order chi connectivity index (χ0) is 48.5. The minimum Gasteiger partial charge on any atom is -0.310 e. The molecule has 0 unspecified atom stereocenters. The summed E-state index contributed by atoms with van der Waals surface area (Å²) in [6, 6.07) is 89.5. The highest BCUT2D eigenvalue weighted by molar-refractivity contribution is 6.23. The molecule has 2 heteroatoms. The molecule has 0 amide bonds. The average Bonchev–Trinajstić information content (AvgIpc) is 3.75. The van der Waals surface area contributed by atoms with Gasteiger partial charge in [0.2, 0.25) is 0 Å². The largest absolute Gasteiger partial charge is 0.310 e. The SMILES string of the molecule is CC(C)(C)C1(C(C)(C)C)c2cc(N(c3ccccc3)c3ccccc3-c3ccccc3)c3ccccc3c2-c2c1c1ccc(N(c3ccccc3)c3ccccc3-c3ccccc3)cc1c1ccccc21. The molecule has 0 saturated heterocycles. The van der Waals surface area contributed by atoms with E-state index in [1.807, 2.05) is 0 Å². The molecule has 344 valence electrons. The van der Waals surface area contributed by atoms with E-state index in [1.165, 1.54) is 82.5 Å². The second-order valence-corrected chi connectivity index (χ2v) is 21.2. The lowest BCUT2D eigenvalue weighted by atomic mass is 9.49. The summed E-state index contributed by atoms with van der Waals surface area (Å²) in [7, 11) is 0. The highest BCUT2D eigenvalue weighted by Crippen LogP contribution is 2.69. The molecule has 0 heterocycles. The topological polar surface area (TPSA) is 6.48 Å². The third-order valence-corrected chi connectivity index (χ3v) is 15.3. The Labute approximate surface area is 419 Å². The number of fused-ring (bicyclic) bond motifs is 10. The van der Waals surface area contributed by atoms with Crippen LogP contribution >= 0.6 is 0 Å². The summed E-state index contributed by atoms with van der Waals surface area (Å²) < 4.78 is 0. The van der Waals surface area contributed by atoms with E-state index in [1.54, 1.807) is 0 Å². The van der Waals surface area contributed by atoms with Crippen molar-refractivity contribution in [2.75, 3.05) is 9.80 Å². The summed E-state index contributed by atoms with van der Waals surface area (Å²) in [5.41, 5.74) is 16.1. The van der Waals surface area contributed by atoms with Crippen LogP contribution in [0.3, 0.4) is 0 Å². The molecule has 0 bridgehead atoms. The molecular weight excluding hydrogens is 857 g/mol. The zero-order valence-electron chi connectivity index (χ0n) is 41.5. The summed E-state index contributed by atoms with van der Waals surface area (Å²) in [6.45, 7) is 14.9. The van der Waals surface area contributed by atoms with E-state index in [0.29, 0.717) is 0 Å². The van der Waals surface area contributed by atoms with Gasteiger partial charge in [-0.25, -0.2) is 0 Å². The van der Waals surface area contributed by atoms with E-state index in [0.717, 1.165) is 28.4 Å². The smallest absolute Gasteiger partial charge is 0.0543 e. The van der Waals surface area contributed by atoms with Crippen LogP contribution in [0.25, 0.3) is 65.7 Å². The summed E-state index contributed by atoms with van der Waals surface area (Å²) >= 11 is 0. The molecule has 12 rings (SSSR count). The van der Waals surface area contributed by atoms with Gasteiger partial charge in [-0.1, -0.05) is 230 Å². The van der Waals surface area contributed by atoms with Crippen LogP contribution in [0.4, 0.5) is 34.1 Å². The van der Waals surface area contributed by atoms with E-state index in [9.17, 15) is 0 Å². The number of benzene rings is 11. The fraction of sp³-hybridized carbons (Fsp3) is 0.130. The van der Waals surface area contributed by atoms with Crippen molar-refractivity contribution in [1.82, 2.24) is 0 Å². The van der Waals surface area contributed by atoms with Crippen LogP contribution in [0.1, 0.15) is 52.7 Å². The molecule has 0 aromatic heterocycles. The quantitative estimate of drug-likeness (QED) is 0.140. The normalized spacial score (nSPS) is 13.0. The number of rotatable bonds is 8. The first-order valence-electron chi connectivity index (χ1n) is 25.1. The molecule has 0 atom stereocenters. The number of hydrogen-bond acceptors (Lipinski definition) is 2. The van der Waals surface area contributed by atoms with E-state index >= 15 is 0 Å². The van der Waals surface area contributed by atoms with Gasteiger partial charge in [-0.15, -0.1) is 0 Å². The van der Waals surface area contributed by atoms with Crippen LogP contribution in [0.2, 0.25) is 0 Å². The van der Waals surface area contributed by atoms with Gasteiger partial charge >= 0.3 is 0 Å². The molecule has 0 N–H and O–H groups in total. The minimum atomic E-state index is -0.465. The first-order chi connectivity index (χ1) is 34.6. The molecule has 71 heavy (non-hydrogen) atoms. The van der Waals surface area contributed by atoms with Crippen LogP contribution in [-0.2, 0) is 5.41 Å². The Hall–Kier alpha value is -8.20. The van der Waals surface area contributed by atoms with Gasteiger partial charge in [0.15, 0.2) is 0 Å². The molecule has 11 aromatic rings. The Bertz CT molecular complexity index is 3750. The maximum atomic E-state index is 2.61. The summed E-state index contributed by atoms with van der Waals surface area (Å²) in [5, 5.41) is 7.59. The standard InChI is InChI=1S/C69H58N2/c1-67(2,3)69(68(4,5)6)60-46-63(71(50-33-17-10-18-34-50)62-42-26-24-36-53(62)48-29-13-8-14-30-48)55-38-20-22-40-57(55)64(60)65-56-39-21-19-37-54(56)59-45-51(43-44-58(59)66(65)69)70(49-31-15-9-16-32-49)61-41-25-23-35-52(61)47-27-11-7-12-28-47/h7-46H,1-6H3. The first-order valence-corrected chi connectivity index (χ1v) is 25.1. The van der Waals surface area contributed by atoms with E-state index in [4.69, 9.17) is 0 Å². The monoisotopic (exact) mass is 914 g/mol. The fourth-order valence-electron chi connectivity index (χ4n) is 12.9. The minimum absolute atomic E-state index is 0.247. The zero-order valence-corrected chi connectivity index (χ0v) is 41.5. The third kappa shape index (κ3) is 6.91. The van der Waals surface area contributed by atoms with Gasteiger partial charge in [-0.05, 0) is 126 Å². The molecule has 1 aliphatic carbocycles. The summed E-state index contributed by atoms with van der Waals surface area (Å²) in [5.74, 6) is 0. The summed E-state index contributed by atoms with van der Waals surface area (Å²) in [4.78, 5) is 4.97. The second-order valence-electron chi connectivity index (χ2n) is 21.2. The molecule has 11 aromatic carbocycles. The average molecular weight is 915 g/mol. The van der Waals surface area contributed by atoms with E-state index in [-0.39, 0.29) is 10.8 Å². The highest BCUT2D eigenvalue weighted by Gasteiger charge is 2.59. The van der Waals surface area contributed by atoms with Crippen molar-refractivity contribution in [2.24, 2.45) is 10.8 Å². The number of hydrogen-bond donors (Lipinski definition) is 0. The van der Waals surface area contributed by atoms with Gasteiger partial charge in [-0.2, -0.15) is 0 Å². The fourth-order valence-corrected chi connectivity index (χ4v) is 12.9. The predicted octanol–water partition coefficient (Wildman–Crippen LogP) is 19.8. The molecule has 0 aliphatic heterocycles. The van der Waals surface area contributed by atoms with Gasteiger partial charge in [0, 0.05) is 39.0 Å². The second kappa shape index (κ2) is 17.0. The van der Waals surface area contributed by atoms with Gasteiger partial charge in [-0.3, -0.25) is 0 Å². The maximum Gasteiger partial charge on any atom is 0.0543 e. The molecule has 1 aliphatic rings. The third-order valence-electron chi connectivity index (χ3n) is 15.3. The number of nitrogens with zero attached hydrogens (tertiary/aromatic N) is 2. The van der Waals surface area contributed by atoms with Crippen molar-refractivity contribution in [3.8, 4) is 33.4 Å². The van der Waals surface area contributed by atoms with E-state index in [2.05, 4.69) is 294 Å². The lowest BCUT2D eigenvalue weighted by molar-refractivity contribution is 0.0965. The lowest BCUT2D eigenvalue weighted by Gasteiger charge is -2.53. The maximum absolute atomic E-state index is 2.61. The van der Waals surface area contributed by atoms with Crippen LogP contribution < -0.4 is 9.80 Å². The van der Waals surface area contributed by atoms with Crippen molar-refractivity contribution >= 4 is 66.4 Å². The Morgan fingerprint density at radius 3 is 1.25 bits per heavy atom. The van der Waals surface area contributed by atoms with Crippen molar-refractivity contribution < 1.29 is 0 Å². The van der Waals surface area contributed by atoms with Crippen LogP contribution in [-0.4, -0.2) is 0 Å². The molecule has 0 spiro atoms. The molecule has 0 saturated carbocycles. The Morgan fingerprint density at radius 2 is 0.718 bits per heavy atom. The lowest BCUT2D eigenvalue weighted by Crippen LogP contribution is -2.50. The highest BCUT2D eigenvalue weighted by atomic mass is 15.2. The Balaban J connectivity index is 1.19. The molecular formula is C69H58N2. The van der Waals surface area contributed by atoms with Crippen molar-refractivity contribution in [3.63, 3.8) is 0 Å². The Kier molecular flexibility index (Phi) is 10.6. The Morgan fingerprint density at radius 1 is 0.296 bits per heavy atom. The van der Waals surface area contributed by atoms with Gasteiger partial charge in [0.1, 0.15) is 0 Å². The van der Waals surface area contributed by atoms with Crippen LogP contribution in [0.5, 0.6) is 0 Å². The van der Waals surface area contributed by atoms with Gasteiger partial charge < -0.3 is 9.80 Å². The molecule has 0 radical (unpaired) electrons. The van der Waals surface area contributed by atoms with E-state index < -0.39 is 5.41 Å². The van der Waals surface area contributed by atoms with Crippen molar-refractivity contribution in [1.29, 1.82) is 0 Å². The van der Waals surface area contributed by atoms with Crippen molar-refractivity contribution in [2.45, 2.75) is 47.0 Å². The number of para-hydroxylation sites is 4. The predicted molar refractivity (Wildman–Crippen MR) is 304 cm³/mol. The molecule has 2 nitrogen and oxygen atoms in total. The van der Waals surface area contributed by atoms with Gasteiger partial charge in [0.25, 0.3) is 0 Å². The molecule has 0 fully saturated rings. The van der Waals surface area contributed by atoms with Crippen LogP contribution in [0, 0.1) is 10.8 Å². The van der Waals surface area contributed by atoms with Gasteiger partial charge in [0.05, 0.1) is 17.1 Å². The summed E-state index contributed by atoms with van der Waals surface area (Å²) in [6.07, 6.45) is 0. The van der Waals surface area contributed by atoms with Crippen molar-refractivity contribution in [3.05, 3.63) is 254 Å². The van der Waals surface area contributed by atoms with Crippen LogP contribution in [0.15, 0.2) is 243 Å².